The molecule has 2 aromatic carbocycles. The predicted octanol–water partition coefficient (Wildman–Crippen LogP) is 3.14. The molecular formula is C31H36FN7O3. The highest BCUT2D eigenvalue weighted by molar-refractivity contribution is 5.99. The molecule has 0 spiro atoms. The summed E-state index contributed by atoms with van der Waals surface area (Å²) < 4.78 is 13.6. The molecule has 2 aliphatic heterocycles. The highest BCUT2D eigenvalue weighted by Gasteiger charge is 2.42. The Morgan fingerprint density at radius 1 is 1.14 bits per heavy atom. The fourth-order valence-corrected chi connectivity index (χ4v) is 6.21. The average Bonchev–Trinajstić information content (AvgIpc) is 2.99. The third-order valence-corrected chi connectivity index (χ3v) is 8.36. The zero-order valence-corrected chi connectivity index (χ0v) is 24.1. The Morgan fingerprint density at radius 3 is 2.57 bits per heavy atom. The molecule has 220 valence electrons. The van der Waals surface area contributed by atoms with Gasteiger partial charge in [0.05, 0.1) is 24.4 Å². The van der Waals surface area contributed by atoms with Crippen molar-refractivity contribution in [2.45, 2.75) is 45.4 Å². The van der Waals surface area contributed by atoms with Gasteiger partial charge < -0.3 is 30.2 Å². The first-order valence-corrected chi connectivity index (χ1v) is 14.1. The molecule has 5 rings (SSSR count). The van der Waals surface area contributed by atoms with E-state index in [-0.39, 0.29) is 25.0 Å². The Kier molecular flexibility index (Phi) is 8.29. The third kappa shape index (κ3) is 5.60. The molecule has 1 aromatic heterocycles. The molecule has 3 heterocycles. The summed E-state index contributed by atoms with van der Waals surface area (Å²) in [7, 11) is 0. The second-order valence-electron chi connectivity index (χ2n) is 11.2. The molecule has 2 saturated heterocycles. The summed E-state index contributed by atoms with van der Waals surface area (Å²) in [6.07, 6.45) is 3.16. The van der Waals surface area contributed by atoms with Crippen LogP contribution in [0.25, 0.3) is 0 Å². The number of rotatable bonds is 6. The minimum absolute atomic E-state index is 0.0824. The molecule has 2 fully saturated rings. The average molecular weight is 574 g/mol. The maximum atomic E-state index is 13.9. The van der Waals surface area contributed by atoms with Crippen LogP contribution in [0.2, 0.25) is 0 Å². The van der Waals surface area contributed by atoms with Gasteiger partial charge in [0, 0.05) is 49.7 Å². The highest BCUT2D eigenvalue weighted by Crippen LogP contribution is 2.33. The molecule has 10 nitrogen and oxygen atoms in total. The molecule has 3 N–H and O–H groups in total. The molecule has 0 bridgehead atoms. The molecule has 2 aliphatic rings. The fraction of sp³-hybridized carbons (Fsp3) is 0.419. The van der Waals surface area contributed by atoms with E-state index < -0.39 is 18.1 Å². The lowest BCUT2D eigenvalue weighted by Crippen LogP contribution is -2.65. The van der Waals surface area contributed by atoms with Crippen molar-refractivity contribution in [1.82, 2.24) is 15.1 Å². The number of nitrogens with one attached hydrogen (secondary N) is 1. The quantitative estimate of drug-likeness (QED) is 0.407. The summed E-state index contributed by atoms with van der Waals surface area (Å²) in [4.78, 5) is 19.2. The Bertz CT molecular complexity index is 1500. The molecule has 0 aliphatic carbocycles. The minimum Gasteiger partial charge on any atom is -0.391 e. The second-order valence-corrected chi connectivity index (χ2v) is 11.2. The highest BCUT2D eigenvalue weighted by atomic mass is 19.1. The zero-order chi connectivity index (χ0) is 30.0. The number of nitrogens with zero attached hydrogens (tertiary/aromatic N) is 6. The van der Waals surface area contributed by atoms with Gasteiger partial charge in [-0.25, -0.2) is 4.39 Å². The summed E-state index contributed by atoms with van der Waals surface area (Å²) >= 11 is 0. The number of hydrogen-bond acceptors (Lipinski definition) is 9. The van der Waals surface area contributed by atoms with Crippen molar-refractivity contribution in [2.75, 3.05) is 54.4 Å². The van der Waals surface area contributed by atoms with Gasteiger partial charge in [0.15, 0.2) is 11.5 Å². The van der Waals surface area contributed by atoms with E-state index in [4.69, 9.17) is 0 Å². The summed E-state index contributed by atoms with van der Waals surface area (Å²) in [6.45, 7) is 7.28. The van der Waals surface area contributed by atoms with Crippen LogP contribution in [0.5, 0.6) is 0 Å². The number of piperazine rings is 1. The fourth-order valence-electron chi connectivity index (χ4n) is 6.21. The zero-order valence-electron chi connectivity index (χ0n) is 24.1. The number of piperidine rings is 1. The van der Waals surface area contributed by atoms with Crippen molar-refractivity contribution in [3.63, 3.8) is 0 Å². The van der Waals surface area contributed by atoms with Crippen molar-refractivity contribution >= 4 is 23.1 Å². The first kappa shape index (κ1) is 29.2. The Hall–Kier alpha value is -4.27. The van der Waals surface area contributed by atoms with Crippen molar-refractivity contribution < 1.29 is 19.4 Å². The summed E-state index contributed by atoms with van der Waals surface area (Å²) in [5, 5.41) is 42.5. The number of aryl methyl sites for hydroxylation is 2. The van der Waals surface area contributed by atoms with E-state index in [0.717, 1.165) is 40.9 Å². The number of halogens is 1. The first-order chi connectivity index (χ1) is 20.1. The molecule has 0 unspecified atom stereocenters. The maximum Gasteiger partial charge on any atom is 0.254 e. The number of aliphatic hydroxyl groups excluding tert-OH is 1. The van der Waals surface area contributed by atoms with Crippen LogP contribution in [0.4, 0.5) is 21.6 Å². The number of anilines is 3. The van der Waals surface area contributed by atoms with E-state index in [1.54, 1.807) is 28.0 Å². The summed E-state index contributed by atoms with van der Waals surface area (Å²) in [5.41, 5.74) is 3.61. The van der Waals surface area contributed by atoms with Crippen LogP contribution >= 0.6 is 0 Å². The van der Waals surface area contributed by atoms with Crippen LogP contribution in [0, 0.1) is 37.9 Å². The molecule has 3 aromatic rings. The van der Waals surface area contributed by atoms with E-state index in [9.17, 15) is 24.7 Å². The topological polar surface area (TPSA) is 129 Å². The van der Waals surface area contributed by atoms with Gasteiger partial charge in [0.2, 0.25) is 0 Å². The number of aliphatic hydroxyl groups is 2. The van der Waals surface area contributed by atoms with E-state index in [2.05, 4.69) is 26.5 Å². The minimum atomic E-state index is -1.69. The van der Waals surface area contributed by atoms with Crippen LogP contribution in [0.3, 0.4) is 0 Å². The summed E-state index contributed by atoms with van der Waals surface area (Å²) in [6, 6.07) is 12.0. The smallest absolute Gasteiger partial charge is 0.254 e. The molecule has 0 radical (unpaired) electrons. The largest absolute Gasteiger partial charge is 0.391 e. The number of carbonyl (C=O) groups excluding carboxylic acids is 1. The van der Waals surface area contributed by atoms with Gasteiger partial charge in [-0.15, -0.1) is 5.10 Å². The SMILES string of the molecule is Cc1cc(C)c(C(=O)N2CCN(c3cccnn3)[C@@](O)(CO)C2)c(C)c1NC1CCN(c2ccc(F)cc2C#N)CC1. The summed E-state index contributed by atoms with van der Waals surface area (Å²) in [5.74, 6) is -0.186. The van der Waals surface area contributed by atoms with Crippen molar-refractivity contribution in [3.8, 4) is 6.07 Å². The molecule has 1 atom stereocenters. The van der Waals surface area contributed by atoms with Crippen LogP contribution in [0.15, 0.2) is 42.6 Å². The van der Waals surface area contributed by atoms with Gasteiger partial charge in [-0.2, -0.15) is 10.4 Å². The Labute approximate surface area is 245 Å². The molecule has 42 heavy (non-hydrogen) atoms. The van der Waals surface area contributed by atoms with Gasteiger partial charge in [0.1, 0.15) is 11.9 Å². The van der Waals surface area contributed by atoms with Gasteiger partial charge >= 0.3 is 0 Å². The lowest BCUT2D eigenvalue weighted by atomic mass is 9.94. The van der Waals surface area contributed by atoms with Crippen LogP contribution < -0.4 is 15.1 Å². The van der Waals surface area contributed by atoms with E-state index in [1.165, 1.54) is 18.3 Å². The van der Waals surface area contributed by atoms with Gasteiger partial charge in [-0.1, -0.05) is 6.07 Å². The third-order valence-electron chi connectivity index (χ3n) is 8.36. The maximum absolute atomic E-state index is 13.9. The van der Waals surface area contributed by atoms with Crippen molar-refractivity contribution in [3.05, 3.63) is 76.2 Å². The molecular weight excluding hydrogens is 537 g/mol. The monoisotopic (exact) mass is 573 g/mol. The number of amides is 1. The van der Waals surface area contributed by atoms with Crippen LogP contribution in [0.1, 0.15) is 45.5 Å². The predicted molar refractivity (Wildman–Crippen MR) is 158 cm³/mol. The van der Waals surface area contributed by atoms with Gasteiger partial charge in [0.25, 0.3) is 5.91 Å². The lowest BCUT2D eigenvalue weighted by Gasteiger charge is -2.47. The number of benzene rings is 2. The van der Waals surface area contributed by atoms with Gasteiger partial charge in [-0.05, 0) is 80.6 Å². The second kappa shape index (κ2) is 11.9. The molecule has 0 saturated carbocycles. The Balaban J connectivity index is 1.32. The molecule has 11 heteroatoms. The first-order valence-electron chi connectivity index (χ1n) is 14.1. The van der Waals surface area contributed by atoms with Crippen LogP contribution in [-0.4, -0.2) is 82.3 Å². The lowest BCUT2D eigenvalue weighted by molar-refractivity contribution is -0.0526. The standard InChI is InChI=1S/C31H36FN7O3/c1-20-15-21(2)29(35-25-8-11-37(12-9-25)26-7-6-24(32)16-23(26)17-33)22(3)28(20)30(41)38-13-14-39(31(42,18-38)19-40)27-5-4-10-34-36-27/h4-7,10,15-16,25,35,40,42H,8-9,11-14,18-19H2,1-3H3/t31-/m0/s1. The van der Waals surface area contributed by atoms with E-state index in [0.29, 0.717) is 36.6 Å². The normalized spacial score (nSPS) is 19.5. The number of β-amino-alcohol motifs (C(OH)–C–C–N with tert-alkyl or cyclic N) is 1. The van der Waals surface area contributed by atoms with Crippen molar-refractivity contribution in [1.29, 1.82) is 5.26 Å². The number of nitriles is 1. The van der Waals surface area contributed by atoms with Crippen LogP contribution in [-0.2, 0) is 0 Å². The molecule has 1 amide bonds. The van der Waals surface area contributed by atoms with Crippen molar-refractivity contribution in [2.24, 2.45) is 0 Å². The van der Waals surface area contributed by atoms with E-state index >= 15 is 0 Å². The van der Waals surface area contributed by atoms with Gasteiger partial charge in [-0.3, -0.25) is 4.79 Å². The number of carbonyl (C=O) groups is 1. The number of hydrogen-bond donors (Lipinski definition) is 3. The van der Waals surface area contributed by atoms with E-state index in [1.807, 2.05) is 26.8 Å². The Morgan fingerprint density at radius 2 is 1.90 bits per heavy atom. The number of aromatic nitrogens is 2.